The molecule has 0 aliphatic rings. The molecule has 2 atom stereocenters. The van der Waals surface area contributed by atoms with Crippen molar-refractivity contribution in [2.75, 3.05) is 0 Å². The third kappa shape index (κ3) is 4.63. The molecule has 0 saturated carbocycles. The SMILES string of the molecule is Cc1ccc(S(=O)(=O)N[C@H](c2ccccc2)[C@H](C)C(=O)n2nc(C)cc2C)cc1. The maximum Gasteiger partial charge on any atom is 0.251 e. The number of benzene rings is 2. The highest BCUT2D eigenvalue weighted by Gasteiger charge is 2.32. The Kier molecular flexibility index (Phi) is 6.00. The van der Waals surface area contributed by atoms with Crippen LogP contribution in [0.15, 0.2) is 65.6 Å². The average Bonchev–Trinajstić information content (AvgIpc) is 3.04. The van der Waals surface area contributed by atoms with Crippen molar-refractivity contribution in [2.45, 2.75) is 38.6 Å². The molecule has 0 aliphatic carbocycles. The molecular weight excluding hydrogens is 386 g/mol. The molecule has 1 N–H and O–H groups in total. The predicted octanol–water partition coefficient (Wildman–Crippen LogP) is 3.80. The lowest BCUT2D eigenvalue weighted by atomic mass is 9.94. The molecule has 0 unspecified atom stereocenters. The summed E-state index contributed by atoms with van der Waals surface area (Å²) in [4.78, 5) is 13.3. The van der Waals surface area contributed by atoms with Crippen molar-refractivity contribution >= 4 is 15.9 Å². The summed E-state index contributed by atoms with van der Waals surface area (Å²) in [6, 6.07) is 16.8. The molecule has 3 rings (SSSR count). The number of aromatic nitrogens is 2. The molecule has 0 radical (unpaired) electrons. The van der Waals surface area contributed by atoms with E-state index < -0.39 is 22.0 Å². The van der Waals surface area contributed by atoms with Gasteiger partial charge in [0, 0.05) is 5.69 Å². The molecule has 152 valence electrons. The molecule has 0 bridgehead atoms. The van der Waals surface area contributed by atoms with E-state index in [2.05, 4.69) is 9.82 Å². The van der Waals surface area contributed by atoms with Crippen LogP contribution in [0.1, 0.15) is 40.3 Å². The maximum absolute atomic E-state index is 13.1. The van der Waals surface area contributed by atoms with Gasteiger partial charge in [0.25, 0.3) is 5.91 Å². The maximum atomic E-state index is 13.1. The zero-order valence-electron chi connectivity index (χ0n) is 17.0. The van der Waals surface area contributed by atoms with E-state index in [-0.39, 0.29) is 10.8 Å². The summed E-state index contributed by atoms with van der Waals surface area (Å²) in [5.74, 6) is -0.938. The minimum Gasteiger partial charge on any atom is -0.272 e. The molecule has 0 spiro atoms. The molecule has 3 aromatic rings. The van der Waals surface area contributed by atoms with Gasteiger partial charge in [0.1, 0.15) is 0 Å². The van der Waals surface area contributed by atoms with Gasteiger partial charge in [0.15, 0.2) is 0 Å². The monoisotopic (exact) mass is 411 g/mol. The van der Waals surface area contributed by atoms with Gasteiger partial charge in [0.2, 0.25) is 10.0 Å². The highest BCUT2D eigenvalue weighted by Crippen LogP contribution is 2.26. The number of nitrogens with one attached hydrogen (secondary N) is 1. The van der Waals surface area contributed by atoms with Crippen molar-refractivity contribution in [3.8, 4) is 0 Å². The Morgan fingerprint density at radius 3 is 2.17 bits per heavy atom. The van der Waals surface area contributed by atoms with Crippen molar-refractivity contribution < 1.29 is 13.2 Å². The van der Waals surface area contributed by atoms with Gasteiger partial charge in [-0.25, -0.2) is 17.8 Å². The van der Waals surface area contributed by atoms with Crippen LogP contribution in [0.3, 0.4) is 0 Å². The van der Waals surface area contributed by atoms with Gasteiger partial charge in [0.05, 0.1) is 22.5 Å². The second kappa shape index (κ2) is 8.31. The summed E-state index contributed by atoms with van der Waals surface area (Å²) in [5.41, 5.74) is 3.13. The molecule has 6 nitrogen and oxygen atoms in total. The zero-order chi connectivity index (χ0) is 21.2. The number of hydrogen-bond acceptors (Lipinski definition) is 4. The van der Waals surface area contributed by atoms with E-state index in [1.54, 1.807) is 38.1 Å². The second-order valence-electron chi connectivity index (χ2n) is 7.29. The van der Waals surface area contributed by atoms with E-state index in [4.69, 9.17) is 0 Å². The van der Waals surface area contributed by atoms with E-state index in [0.717, 1.165) is 11.3 Å². The lowest BCUT2D eigenvalue weighted by Gasteiger charge is -2.25. The predicted molar refractivity (Wildman–Crippen MR) is 112 cm³/mol. The Morgan fingerprint density at radius 1 is 1.00 bits per heavy atom. The second-order valence-corrected chi connectivity index (χ2v) is 9.00. The van der Waals surface area contributed by atoms with Crippen LogP contribution in [0.2, 0.25) is 0 Å². The molecule has 29 heavy (non-hydrogen) atoms. The van der Waals surface area contributed by atoms with Gasteiger partial charge in [-0.2, -0.15) is 5.10 Å². The Morgan fingerprint density at radius 2 is 1.62 bits per heavy atom. The Labute approximate surface area is 171 Å². The lowest BCUT2D eigenvalue weighted by Crippen LogP contribution is -2.37. The topological polar surface area (TPSA) is 81.1 Å². The molecular formula is C22H25N3O3S. The largest absolute Gasteiger partial charge is 0.272 e. The van der Waals surface area contributed by atoms with Crippen LogP contribution in [0, 0.1) is 26.7 Å². The minimum absolute atomic E-state index is 0.162. The average molecular weight is 412 g/mol. The number of carbonyl (C=O) groups excluding carboxylic acids is 1. The van der Waals surface area contributed by atoms with E-state index in [1.807, 2.05) is 50.2 Å². The van der Waals surface area contributed by atoms with E-state index in [0.29, 0.717) is 11.3 Å². The van der Waals surface area contributed by atoms with Crippen LogP contribution < -0.4 is 4.72 Å². The van der Waals surface area contributed by atoms with Crippen LogP contribution in [-0.2, 0) is 10.0 Å². The highest BCUT2D eigenvalue weighted by atomic mass is 32.2. The smallest absolute Gasteiger partial charge is 0.251 e. The number of hydrogen-bond donors (Lipinski definition) is 1. The summed E-state index contributed by atoms with van der Waals surface area (Å²) >= 11 is 0. The van der Waals surface area contributed by atoms with Gasteiger partial charge >= 0.3 is 0 Å². The van der Waals surface area contributed by atoms with Gasteiger partial charge in [-0.15, -0.1) is 0 Å². The van der Waals surface area contributed by atoms with Crippen LogP contribution >= 0.6 is 0 Å². The molecule has 1 heterocycles. The quantitative estimate of drug-likeness (QED) is 0.669. The van der Waals surface area contributed by atoms with E-state index in [9.17, 15) is 13.2 Å². The Hall–Kier alpha value is -2.77. The summed E-state index contributed by atoms with van der Waals surface area (Å²) < 4.78 is 30.1. The van der Waals surface area contributed by atoms with Crippen LogP contribution in [0.25, 0.3) is 0 Å². The number of sulfonamides is 1. The van der Waals surface area contributed by atoms with Crippen molar-refractivity contribution in [1.29, 1.82) is 0 Å². The first-order valence-corrected chi connectivity index (χ1v) is 10.9. The molecule has 0 saturated heterocycles. The van der Waals surface area contributed by atoms with Crippen LogP contribution in [0.4, 0.5) is 0 Å². The van der Waals surface area contributed by atoms with Crippen molar-refractivity contribution in [3.05, 3.63) is 83.2 Å². The number of aryl methyl sites for hydroxylation is 3. The van der Waals surface area contributed by atoms with Crippen molar-refractivity contribution in [3.63, 3.8) is 0 Å². The van der Waals surface area contributed by atoms with Gasteiger partial charge < -0.3 is 0 Å². The fraction of sp³-hybridized carbons (Fsp3) is 0.273. The fourth-order valence-electron chi connectivity index (χ4n) is 3.26. The third-order valence-corrected chi connectivity index (χ3v) is 6.34. The Bertz CT molecular complexity index is 1100. The summed E-state index contributed by atoms with van der Waals surface area (Å²) in [6.07, 6.45) is 0. The van der Waals surface area contributed by atoms with E-state index in [1.165, 1.54) is 4.68 Å². The standard InChI is InChI=1S/C22H25N3O3S/c1-15-10-12-20(13-11-15)29(27,28)24-21(19-8-6-5-7-9-19)18(4)22(26)25-17(3)14-16(2)23-25/h5-14,18,21,24H,1-4H3/t18-,21-/m0/s1. The zero-order valence-corrected chi connectivity index (χ0v) is 17.8. The normalized spacial score (nSPS) is 13.8. The molecule has 1 aromatic heterocycles. The first-order valence-electron chi connectivity index (χ1n) is 9.40. The summed E-state index contributed by atoms with van der Waals surface area (Å²) in [6.45, 7) is 7.23. The number of nitrogens with zero attached hydrogens (tertiary/aromatic N) is 2. The molecule has 0 fully saturated rings. The molecule has 0 amide bonds. The van der Waals surface area contributed by atoms with Crippen LogP contribution in [0.5, 0.6) is 0 Å². The third-order valence-electron chi connectivity index (χ3n) is 4.88. The molecule has 0 aliphatic heterocycles. The first-order chi connectivity index (χ1) is 13.7. The molecule has 7 heteroatoms. The number of carbonyl (C=O) groups is 1. The Balaban J connectivity index is 1.98. The first kappa shape index (κ1) is 21.0. The summed E-state index contributed by atoms with van der Waals surface area (Å²) in [7, 11) is -3.82. The van der Waals surface area contributed by atoms with Crippen molar-refractivity contribution in [1.82, 2.24) is 14.5 Å². The fourth-order valence-corrected chi connectivity index (χ4v) is 4.56. The highest BCUT2D eigenvalue weighted by molar-refractivity contribution is 7.89. The minimum atomic E-state index is -3.82. The summed E-state index contributed by atoms with van der Waals surface area (Å²) in [5, 5.41) is 4.26. The molecule has 2 aromatic carbocycles. The van der Waals surface area contributed by atoms with Gasteiger partial charge in [-0.1, -0.05) is 55.0 Å². The van der Waals surface area contributed by atoms with Gasteiger partial charge in [-0.3, -0.25) is 4.79 Å². The van der Waals surface area contributed by atoms with Gasteiger partial charge in [-0.05, 0) is 44.5 Å². The van der Waals surface area contributed by atoms with Crippen molar-refractivity contribution in [2.24, 2.45) is 5.92 Å². The van der Waals surface area contributed by atoms with Crippen LogP contribution in [-0.4, -0.2) is 24.1 Å². The van der Waals surface area contributed by atoms with E-state index >= 15 is 0 Å². The lowest BCUT2D eigenvalue weighted by molar-refractivity contribution is 0.0802. The number of rotatable bonds is 6.